The number of halogens is 2. The van der Waals surface area contributed by atoms with Crippen molar-refractivity contribution in [3.8, 4) is 0 Å². The lowest BCUT2D eigenvalue weighted by atomic mass is 9.96. The molecule has 1 aromatic rings. The van der Waals surface area contributed by atoms with E-state index in [1.165, 1.54) is 25.3 Å². The van der Waals surface area contributed by atoms with Crippen LogP contribution in [0.15, 0.2) is 12.1 Å². The van der Waals surface area contributed by atoms with Crippen LogP contribution in [0.4, 0.5) is 11.4 Å². The van der Waals surface area contributed by atoms with E-state index in [9.17, 15) is 10.1 Å². The van der Waals surface area contributed by atoms with E-state index in [1.54, 1.807) is 6.07 Å². The van der Waals surface area contributed by atoms with Crippen molar-refractivity contribution in [3.63, 3.8) is 0 Å². The van der Waals surface area contributed by atoms with Gasteiger partial charge in [-0.05, 0) is 18.9 Å². The van der Waals surface area contributed by atoms with Crippen LogP contribution in [0, 0.1) is 10.1 Å². The van der Waals surface area contributed by atoms with Crippen molar-refractivity contribution in [1.82, 2.24) is 0 Å². The van der Waals surface area contributed by atoms with Gasteiger partial charge in [0, 0.05) is 12.1 Å². The maximum absolute atomic E-state index is 11.1. The second-order valence-corrected chi connectivity index (χ2v) is 6.04. The lowest BCUT2D eigenvalue weighted by molar-refractivity contribution is -0.384. The largest absolute Gasteiger partial charge is 0.377 e. The molecule has 0 bridgehead atoms. The zero-order valence-electron chi connectivity index (χ0n) is 11.2. The van der Waals surface area contributed by atoms with Crippen LogP contribution in [0.1, 0.15) is 44.9 Å². The van der Waals surface area contributed by atoms with E-state index in [4.69, 9.17) is 23.2 Å². The zero-order chi connectivity index (χ0) is 14.5. The van der Waals surface area contributed by atoms with Gasteiger partial charge < -0.3 is 5.32 Å². The van der Waals surface area contributed by atoms with Gasteiger partial charge in [-0.2, -0.15) is 0 Å². The van der Waals surface area contributed by atoms with Gasteiger partial charge in [0.05, 0.1) is 15.0 Å². The van der Waals surface area contributed by atoms with Crippen molar-refractivity contribution in [3.05, 3.63) is 32.3 Å². The second kappa shape index (κ2) is 7.14. The molecule has 2 rings (SSSR count). The molecule has 0 atom stereocenters. The van der Waals surface area contributed by atoms with E-state index in [-0.39, 0.29) is 16.8 Å². The Kier molecular flexibility index (Phi) is 5.49. The van der Waals surface area contributed by atoms with Crippen LogP contribution < -0.4 is 5.32 Å². The first kappa shape index (κ1) is 15.4. The predicted molar refractivity (Wildman–Crippen MR) is 82.8 cm³/mol. The molecule has 1 N–H and O–H groups in total. The fraction of sp³-hybridized carbons (Fsp3) is 0.571. The van der Waals surface area contributed by atoms with Gasteiger partial charge in [-0.25, -0.2) is 0 Å². The van der Waals surface area contributed by atoms with Crippen LogP contribution in [0.2, 0.25) is 10.0 Å². The van der Waals surface area contributed by atoms with Crippen molar-refractivity contribution in [2.75, 3.05) is 5.32 Å². The van der Waals surface area contributed by atoms with E-state index in [1.807, 2.05) is 0 Å². The molecule has 1 aliphatic rings. The highest BCUT2D eigenvalue weighted by Gasteiger charge is 2.20. The normalized spacial score (nSPS) is 17.3. The Morgan fingerprint density at radius 3 is 2.20 bits per heavy atom. The van der Waals surface area contributed by atoms with Gasteiger partial charge in [-0.1, -0.05) is 55.3 Å². The summed E-state index contributed by atoms with van der Waals surface area (Å²) < 4.78 is 0. The average Bonchev–Trinajstić information content (AvgIpc) is 2.36. The summed E-state index contributed by atoms with van der Waals surface area (Å²) in [5.41, 5.74) is 0.455. The van der Waals surface area contributed by atoms with Crippen molar-refractivity contribution in [2.45, 2.75) is 51.0 Å². The standard InChI is InChI=1S/C14H18Cl2N2O2/c15-11-8-13(14(18(19)20)9-12(11)16)17-10-6-4-2-1-3-5-7-10/h8-10,17H,1-7H2. The Bertz CT molecular complexity index is 486. The number of nitro benzene ring substituents is 1. The maximum Gasteiger partial charge on any atom is 0.293 e. The minimum atomic E-state index is -0.423. The Labute approximate surface area is 128 Å². The average molecular weight is 317 g/mol. The van der Waals surface area contributed by atoms with Crippen LogP contribution in [0.5, 0.6) is 0 Å². The fourth-order valence-electron chi connectivity index (χ4n) is 2.62. The second-order valence-electron chi connectivity index (χ2n) is 5.23. The lowest BCUT2D eigenvalue weighted by Crippen LogP contribution is -2.21. The van der Waals surface area contributed by atoms with Gasteiger partial charge in [0.25, 0.3) is 5.69 Å². The third kappa shape index (κ3) is 4.00. The first-order chi connectivity index (χ1) is 9.58. The maximum atomic E-state index is 11.1. The summed E-state index contributed by atoms with van der Waals surface area (Å²) in [6.45, 7) is 0. The quantitative estimate of drug-likeness (QED) is 0.597. The zero-order valence-corrected chi connectivity index (χ0v) is 12.7. The smallest absolute Gasteiger partial charge is 0.293 e. The number of nitrogens with zero attached hydrogens (tertiary/aromatic N) is 1. The summed E-state index contributed by atoms with van der Waals surface area (Å²) in [7, 11) is 0. The summed E-state index contributed by atoms with van der Waals surface area (Å²) in [5.74, 6) is 0. The summed E-state index contributed by atoms with van der Waals surface area (Å²) in [6, 6.07) is 3.14. The molecular weight excluding hydrogens is 299 g/mol. The molecule has 1 aromatic carbocycles. The van der Waals surface area contributed by atoms with Gasteiger partial charge in [-0.3, -0.25) is 10.1 Å². The summed E-state index contributed by atoms with van der Waals surface area (Å²) in [4.78, 5) is 10.7. The van der Waals surface area contributed by atoms with E-state index in [0.29, 0.717) is 10.7 Å². The molecule has 1 fully saturated rings. The predicted octanol–water partition coefficient (Wildman–Crippen LogP) is 5.43. The molecule has 1 aliphatic carbocycles. The van der Waals surface area contributed by atoms with Crippen molar-refractivity contribution >= 4 is 34.6 Å². The monoisotopic (exact) mass is 316 g/mol. The van der Waals surface area contributed by atoms with Crippen LogP contribution in [0.3, 0.4) is 0 Å². The summed E-state index contributed by atoms with van der Waals surface area (Å²) in [5, 5.41) is 14.9. The topological polar surface area (TPSA) is 55.2 Å². The highest BCUT2D eigenvalue weighted by Crippen LogP contribution is 2.35. The third-order valence-corrected chi connectivity index (χ3v) is 4.42. The van der Waals surface area contributed by atoms with Crippen LogP contribution >= 0.6 is 23.2 Å². The number of hydrogen-bond acceptors (Lipinski definition) is 3. The van der Waals surface area contributed by atoms with Crippen LogP contribution in [0.25, 0.3) is 0 Å². The Balaban J connectivity index is 2.18. The van der Waals surface area contributed by atoms with E-state index < -0.39 is 4.92 Å². The molecule has 1 saturated carbocycles. The van der Waals surface area contributed by atoms with Gasteiger partial charge in [0.15, 0.2) is 0 Å². The molecular formula is C14H18Cl2N2O2. The molecule has 0 unspecified atom stereocenters. The molecule has 0 heterocycles. The van der Waals surface area contributed by atoms with Gasteiger partial charge >= 0.3 is 0 Å². The van der Waals surface area contributed by atoms with E-state index in [2.05, 4.69) is 5.32 Å². The number of benzene rings is 1. The molecule has 4 nitrogen and oxygen atoms in total. The Hall–Kier alpha value is -1.00. The fourth-order valence-corrected chi connectivity index (χ4v) is 2.94. The van der Waals surface area contributed by atoms with Crippen molar-refractivity contribution in [2.24, 2.45) is 0 Å². The van der Waals surface area contributed by atoms with E-state index in [0.717, 1.165) is 25.7 Å². The number of nitro groups is 1. The summed E-state index contributed by atoms with van der Waals surface area (Å²) >= 11 is 11.8. The lowest BCUT2D eigenvalue weighted by Gasteiger charge is -2.22. The molecule has 0 spiro atoms. The minimum Gasteiger partial charge on any atom is -0.377 e. The first-order valence-electron chi connectivity index (χ1n) is 6.98. The van der Waals surface area contributed by atoms with Gasteiger partial charge in [0.2, 0.25) is 0 Å². The highest BCUT2D eigenvalue weighted by atomic mass is 35.5. The molecule has 0 radical (unpaired) electrons. The molecule has 0 aliphatic heterocycles. The first-order valence-corrected chi connectivity index (χ1v) is 7.73. The number of anilines is 1. The molecule has 20 heavy (non-hydrogen) atoms. The third-order valence-electron chi connectivity index (χ3n) is 3.70. The van der Waals surface area contributed by atoms with Gasteiger partial charge in [0.1, 0.15) is 5.69 Å². The number of rotatable bonds is 3. The van der Waals surface area contributed by atoms with E-state index >= 15 is 0 Å². The number of nitrogens with one attached hydrogen (secondary N) is 1. The van der Waals surface area contributed by atoms with Crippen molar-refractivity contribution < 1.29 is 4.92 Å². The molecule has 0 amide bonds. The molecule has 6 heteroatoms. The SMILES string of the molecule is O=[N+]([O-])c1cc(Cl)c(Cl)cc1NC1CCCCCCC1. The minimum absolute atomic E-state index is 0.0125. The van der Waals surface area contributed by atoms with Crippen LogP contribution in [-0.2, 0) is 0 Å². The summed E-state index contributed by atoms with van der Waals surface area (Å²) in [6.07, 6.45) is 8.16. The Morgan fingerprint density at radius 2 is 1.60 bits per heavy atom. The highest BCUT2D eigenvalue weighted by molar-refractivity contribution is 6.42. The number of hydrogen-bond donors (Lipinski definition) is 1. The molecule has 0 aromatic heterocycles. The Morgan fingerprint density at radius 1 is 1.05 bits per heavy atom. The molecule has 0 saturated heterocycles. The molecule has 110 valence electrons. The van der Waals surface area contributed by atoms with Gasteiger partial charge in [-0.15, -0.1) is 0 Å². The van der Waals surface area contributed by atoms with Crippen molar-refractivity contribution in [1.29, 1.82) is 0 Å². The van der Waals surface area contributed by atoms with Crippen LogP contribution in [-0.4, -0.2) is 11.0 Å².